The zero-order valence-electron chi connectivity index (χ0n) is 42.7. The molecule has 0 heterocycles. The third kappa shape index (κ3) is 36.0. The van der Waals surface area contributed by atoms with Gasteiger partial charge in [0.05, 0.1) is 11.8 Å². The Kier molecular flexibility index (Phi) is 26.9. The summed E-state index contributed by atoms with van der Waals surface area (Å²) >= 11 is 3.90. The minimum Gasteiger partial charge on any atom is -0.444 e. The van der Waals surface area contributed by atoms with Gasteiger partial charge in [-0.25, -0.2) is 28.8 Å². The molecule has 0 unspecified atom stereocenters. The second-order valence-corrected chi connectivity index (χ2v) is 25.7. The first kappa shape index (κ1) is 64.0. The van der Waals surface area contributed by atoms with E-state index in [4.69, 9.17) is 28.4 Å². The van der Waals surface area contributed by atoms with E-state index in [1.807, 2.05) is 45.2 Å². The van der Waals surface area contributed by atoms with E-state index in [1.54, 1.807) is 116 Å². The number of hydrogen-bond acceptors (Lipinski definition) is 15. The normalized spacial score (nSPS) is 12.4. The monoisotopic (exact) mass is 1200 g/mol. The van der Waals surface area contributed by atoms with Crippen LogP contribution < -0.4 is 42.5 Å². The van der Waals surface area contributed by atoms with Crippen LogP contribution >= 0.6 is 45.2 Å². The fourth-order valence-corrected chi connectivity index (χ4v) is 5.65. The van der Waals surface area contributed by atoms with Crippen LogP contribution in [0.3, 0.4) is 0 Å². The molecule has 0 aliphatic rings. The first-order valence-corrected chi connectivity index (χ1v) is 24.4. The van der Waals surface area contributed by atoms with Gasteiger partial charge in [-0.3, -0.25) is 14.5 Å². The highest BCUT2D eigenvalue weighted by Gasteiger charge is 2.29. The molecule has 0 aromatic heterocycles. The molecule has 0 saturated carbocycles. The second kappa shape index (κ2) is 28.6. The summed E-state index contributed by atoms with van der Waals surface area (Å²) < 4.78 is 30.5. The molecule has 0 aliphatic carbocycles. The maximum Gasteiger partial charge on any atom is 0.408 e. The van der Waals surface area contributed by atoms with Gasteiger partial charge in [0, 0.05) is 71.5 Å². The van der Waals surface area contributed by atoms with Crippen LogP contribution in [0, 0.1) is 11.8 Å². The first-order chi connectivity index (χ1) is 30.7. The number of halogens is 2. The van der Waals surface area contributed by atoms with Gasteiger partial charge in [0.25, 0.3) is 0 Å². The number of amides is 8. The Morgan fingerprint density at radius 1 is 0.368 bits per heavy atom. The van der Waals surface area contributed by atoms with Crippen molar-refractivity contribution >= 4 is 93.6 Å². The Bertz CT molecular complexity index is 1480. The fraction of sp³-hybridized carbons (Fsp3) is 0.814. The van der Waals surface area contributed by atoms with Crippen LogP contribution in [0.1, 0.15) is 111 Å². The van der Waals surface area contributed by atoms with Gasteiger partial charge >= 0.3 is 36.6 Å². The summed E-state index contributed by atoms with van der Waals surface area (Å²) in [5.41, 5.74) is -3.27. The molecule has 0 aromatic rings. The summed E-state index contributed by atoms with van der Waals surface area (Å²) in [5, 5.41) is 21.3. The number of nitrogens with one attached hydrogen (secondary N) is 8. The standard InChI is InChI=1S/C43H79I2N9O14/c1-38(2,3)63-32(57)48-21-27(22-49-33(58)64-39(4,5)6)30(55)46-17-19-54(29(25-52-36(61)67-42(13,14)44)26-53-37(62)68-43(15,16)45)20-18-47-31(56)28(23-50-34(59)65-40(7,8)9)24-51-35(60)66-41(10,11)12/h27-29H,17-26H2,1-16H3,(H,46,55)(H,47,56)(H,48,57)(H,49,58)(H,50,59)(H,51,60)(H,52,61)(H,53,62). The van der Waals surface area contributed by atoms with E-state index in [0.29, 0.717) is 0 Å². The molecule has 0 spiro atoms. The molecule has 0 aromatic carbocycles. The highest BCUT2D eigenvalue weighted by atomic mass is 127. The van der Waals surface area contributed by atoms with E-state index in [1.165, 1.54) is 0 Å². The summed E-state index contributed by atoms with van der Waals surface area (Å²) in [4.78, 5) is 105. The predicted molar refractivity (Wildman–Crippen MR) is 270 cm³/mol. The predicted octanol–water partition coefficient (Wildman–Crippen LogP) is 5.02. The van der Waals surface area contributed by atoms with Crippen LogP contribution in [0.25, 0.3) is 0 Å². The Morgan fingerprint density at radius 3 is 0.809 bits per heavy atom. The molecule has 0 radical (unpaired) electrons. The van der Waals surface area contributed by atoms with Gasteiger partial charge in [-0.1, -0.05) is 0 Å². The zero-order chi connectivity index (χ0) is 52.9. The van der Waals surface area contributed by atoms with E-state index in [0.717, 1.165) is 0 Å². The number of hydrogen-bond donors (Lipinski definition) is 8. The molecule has 8 amide bonds. The molecule has 0 aliphatic heterocycles. The highest BCUT2D eigenvalue weighted by molar-refractivity contribution is 14.1. The van der Waals surface area contributed by atoms with Crippen molar-refractivity contribution in [3.63, 3.8) is 0 Å². The van der Waals surface area contributed by atoms with Crippen molar-refractivity contribution in [2.75, 3.05) is 65.4 Å². The van der Waals surface area contributed by atoms with Crippen LogP contribution in [-0.4, -0.2) is 154 Å². The lowest BCUT2D eigenvalue weighted by Crippen LogP contribution is -2.55. The SMILES string of the molecule is CC(C)(C)OC(=O)NCC(CNC(=O)OC(C)(C)C)C(=O)NCCN(CCNC(=O)C(CNC(=O)OC(C)(C)C)CNC(=O)OC(C)(C)C)C(CNC(=O)OC(C)(C)I)CNC(=O)OC(C)(C)I. The molecule has 394 valence electrons. The number of rotatable bonds is 23. The van der Waals surface area contributed by atoms with Crippen LogP contribution in [0.4, 0.5) is 28.8 Å². The van der Waals surface area contributed by atoms with Crippen LogP contribution in [0.2, 0.25) is 0 Å². The third-order valence-electron chi connectivity index (χ3n) is 7.86. The van der Waals surface area contributed by atoms with Crippen molar-refractivity contribution in [2.45, 2.75) is 146 Å². The molecule has 0 saturated heterocycles. The average molecular weight is 1200 g/mol. The van der Waals surface area contributed by atoms with Gasteiger partial charge in [0.1, 0.15) is 22.4 Å². The van der Waals surface area contributed by atoms with Gasteiger partial charge in [0.2, 0.25) is 11.8 Å². The topological polar surface area (TPSA) is 291 Å². The molecule has 8 N–H and O–H groups in total. The lowest BCUT2D eigenvalue weighted by atomic mass is 10.1. The summed E-state index contributed by atoms with van der Waals surface area (Å²) in [7, 11) is 0. The highest BCUT2D eigenvalue weighted by Crippen LogP contribution is 2.19. The number of alkyl carbamates (subject to hydrolysis) is 6. The Labute approximate surface area is 429 Å². The average Bonchev–Trinajstić information content (AvgIpc) is 3.09. The number of carbonyl (C=O) groups is 8. The smallest absolute Gasteiger partial charge is 0.408 e. The van der Waals surface area contributed by atoms with Gasteiger partial charge in [-0.05, 0) is 156 Å². The molecule has 0 fully saturated rings. The van der Waals surface area contributed by atoms with Gasteiger partial charge in [-0.15, -0.1) is 0 Å². The van der Waals surface area contributed by atoms with Crippen LogP contribution in [0.5, 0.6) is 0 Å². The van der Waals surface area contributed by atoms with Gasteiger partial charge in [0.15, 0.2) is 7.22 Å². The summed E-state index contributed by atoms with van der Waals surface area (Å²) in [6.07, 6.45) is -4.60. The van der Waals surface area contributed by atoms with E-state index in [9.17, 15) is 38.4 Å². The fourth-order valence-electron chi connectivity index (χ4n) is 5.25. The van der Waals surface area contributed by atoms with Crippen LogP contribution in [-0.2, 0) is 38.0 Å². The molecular weight excluding hydrogens is 1120 g/mol. The maximum atomic E-state index is 13.7. The zero-order valence-corrected chi connectivity index (χ0v) is 47.0. The number of carbonyl (C=O) groups excluding carboxylic acids is 8. The summed E-state index contributed by atoms with van der Waals surface area (Å²) in [5.74, 6) is -3.12. The van der Waals surface area contributed by atoms with Crippen molar-refractivity contribution in [1.82, 2.24) is 47.4 Å². The number of alkyl halides is 2. The third-order valence-corrected chi connectivity index (χ3v) is 8.30. The lowest BCUT2D eigenvalue weighted by Gasteiger charge is -2.33. The Morgan fingerprint density at radius 2 is 0.588 bits per heavy atom. The summed E-state index contributed by atoms with van der Waals surface area (Å²) in [6.45, 7) is 25.9. The Balaban J connectivity index is 6.68. The largest absolute Gasteiger partial charge is 0.444 e. The molecule has 68 heavy (non-hydrogen) atoms. The molecular formula is C43H79I2N9O14. The van der Waals surface area contributed by atoms with Crippen molar-refractivity contribution in [1.29, 1.82) is 0 Å². The van der Waals surface area contributed by atoms with Crippen molar-refractivity contribution in [2.24, 2.45) is 11.8 Å². The van der Waals surface area contributed by atoms with Gasteiger partial charge < -0.3 is 71.0 Å². The lowest BCUT2D eigenvalue weighted by molar-refractivity contribution is -0.125. The summed E-state index contributed by atoms with van der Waals surface area (Å²) in [6, 6.07) is -0.713. The van der Waals surface area contributed by atoms with E-state index in [2.05, 4.69) is 42.5 Å². The maximum absolute atomic E-state index is 13.7. The van der Waals surface area contributed by atoms with Crippen molar-refractivity contribution in [3.05, 3.63) is 0 Å². The molecule has 0 rings (SSSR count). The van der Waals surface area contributed by atoms with E-state index < -0.39 is 95.9 Å². The van der Waals surface area contributed by atoms with Crippen molar-refractivity contribution < 1.29 is 66.8 Å². The first-order valence-electron chi connectivity index (χ1n) is 22.2. The second-order valence-electron chi connectivity index (χ2n) is 20.5. The van der Waals surface area contributed by atoms with E-state index >= 15 is 0 Å². The minimum atomic E-state index is -1.000. The Hall–Kier alpha value is -4.02. The number of nitrogens with zero attached hydrogens (tertiary/aromatic N) is 1. The molecule has 0 bridgehead atoms. The van der Waals surface area contributed by atoms with E-state index in [-0.39, 0.29) is 65.4 Å². The molecule has 23 nitrogen and oxygen atoms in total. The molecule has 0 atom stereocenters. The number of ether oxygens (including phenoxy) is 6. The van der Waals surface area contributed by atoms with Crippen LogP contribution in [0.15, 0.2) is 0 Å². The quantitative estimate of drug-likeness (QED) is 0.0379. The van der Waals surface area contributed by atoms with Crippen molar-refractivity contribution in [3.8, 4) is 0 Å². The minimum absolute atomic E-state index is 0.0443. The van der Waals surface area contributed by atoms with Gasteiger partial charge in [-0.2, -0.15) is 0 Å². The molecule has 25 heteroatoms.